The number of fused-ring (bicyclic) bond motifs is 1. The zero-order chi connectivity index (χ0) is 24.8. The first kappa shape index (κ1) is 23.9. The maximum atomic E-state index is 13.9. The van der Waals surface area contributed by atoms with Gasteiger partial charge < -0.3 is 24.0 Å². The van der Waals surface area contributed by atoms with Gasteiger partial charge in [0.1, 0.15) is 30.1 Å². The number of methoxy groups -OCH3 is 1. The summed E-state index contributed by atoms with van der Waals surface area (Å²) in [5.74, 6) is -2.62. The number of likely N-dealkylation sites (tertiary alicyclic amines) is 1. The van der Waals surface area contributed by atoms with E-state index in [2.05, 4.69) is 0 Å². The summed E-state index contributed by atoms with van der Waals surface area (Å²) < 4.78 is 57.6. The first-order chi connectivity index (χ1) is 16.7. The standard InChI is InChI=1S/C26H29F3N2O4/c1-30(14-17-12-25(28,29)13-17)21-7-6-18(10-22(21)33-2)24(32)31-9-8-26(23(15-31)34-16-35-26)19-4-3-5-20(27)11-19/h3-7,10-11,17,23H,8-9,12-16H2,1-2H3. The number of piperidine rings is 1. The molecule has 9 heteroatoms. The van der Waals surface area contributed by atoms with Crippen LogP contribution in [0.2, 0.25) is 0 Å². The molecule has 2 aromatic carbocycles. The molecule has 2 aromatic rings. The van der Waals surface area contributed by atoms with Crippen molar-refractivity contribution in [3.05, 3.63) is 59.4 Å². The highest BCUT2D eigenvalue weighted by Gasteiger charge is 2.51. The second-order valence-electron chi connectivity index (χ2n) is 9.72. The van der Waals surface area contributed by atoms with Crippen LogP contribution in [0.25, 0.3) is 0 Å². The van der Waals surface area contributed by atoms with E-state index in [4.69, 9.17) is 14.2 Å². The van der Waals surface area contributed by atoms with Gasteiger partial charge in [-0.3, -0.25) is 4.79 Å². The molecule has 188 valence electrons. The molecule has 5 rings (SSSR count). The lowest BCUT2D eigenvalue weighted by molar-refractivity contribution is -0.107. The second kappa shape index (κ2) is 9.02. The largest absolute Gasteiger partial charge is 0.495 e. The van der Waals surface area contributed by atoms with Crippen molar-refractivity contribution in [1.29, 1.82) is 0 Å². The lowest BCUT2D eigenvalue weighted by Gasteiger charge is -2.42. The number of carbonyl (C=O) groups is 1. The molecule has 6 nitrogen and oxygen atoms in total. The quantitative estimate of drug-likeness (QED) is 0.600. The first-order valence-electron chi connectivity index (χ1n) is 11.8. The predicted octanol–water partition coefficient (Wildman–Crippen LogP) is 4.43. The van der Waals surface area contributed by atoms with Crippen LogP contribution < -0.4 is 9.64 Å². The average molecular weight is 491 g/mol. The number of benzene rings is 2. The average Bonchev–Trinajstić information content (AvgIpc) is 3.26. The van der Waals surface area contributed by atoms with Gasteiger partial charge in [-0.15, -0.1) is 0 Å². The van der Waals surface area contributed by atoms with Crippen LogP contribution in [0, 0.1) is 11.7 Å². The number of halogens is 3. The second-order valence-corrected chi connectivity index (χ2v) is 9.72. The Kier molecular flexibility index (Phi) is 6.17. The van der Waals surface area contributed by atoms with E-state index in [0.717, 1.165) is 5.69 Å². The molecule has 0 N–H and O–H groups in total. The Morgan fingerprint density at radius 2 is 2.03 bits per heavy atom. The molecule has 2 unspecified atom stereocenters. The zero-order valence-electron chi connectivity index (χ0n) is 19.8. The van der Waals surface area contributed by atoms with Gasteiger partial charge in [-0.1, -0.05) is 12.1 Å². The van der Waals surface area contributed by atoms with Crippen LogP contribution in [-0.2, 0) is 15.1 Å². The number of hydrogen-bond donors (Lipinski definition) is 0. The van der Waals surface area contributed by atoms with Gasteiger partial charge in [0, 0.05) is 45.0 Å². The lowest BCUT2D eigenvalue weighted by Crippen LogP contribution is -2.53. The highest BCUT2D eigenvalue weighted by Crippen LogP contribution is 2.44. The molecule has 2 atom stereocenters. The van der Waals surface area contributed by atoms with Gasteiger partial charge in [0.15, 0.2) is 0 Å². The summed E-state index contributed by atoms with van der Waals surface area (Å²) >= 11 is 0. The molecule has 1 aliphatic carbocycles. The van der Waals surface area contributed by atoms with Crippen molar-refractivity contribution in [2.45, 2.75) is 36.9 Å². The minimum absolute atomic E-state index is 0.0682. The molecule has 1 amide bonds. The molecule has 3 fully saturated rings. The van der Waals surface area contributed by atoms with Gasteiger partial charge >= 0.3 is 0 Å². The normalized spacial score (nSPS) is 25.6. The molecule has 0 radical (unpaired) electrons. The Hall–Kier alpha value is -2.78. The van der Waals surface area contributed by atoms with Gasteiger partial charge in [-0.05, 0) is 41.8 Å². The van der Waals surface area contributed by atoms with Crippen molar-refractivity contribution in [3.63, 3.8) is 0 Å². The fourth-order valence-corrected chi connectivity index (χ4v) is 5.53. The van der Waals surface area contributed by atoms with E-state index in [9.17, 15) is 18.0 Å². The summed E-state index contributed by atoms with van der Waals surface area (Å²) in [5.41, 5.74) is 1.15. The predicted molar refractivity (Wildman–Crippen MR) is 123 cm³/mol. The van der Waals surface area contributed by atoms with Crippen molar-refractivity contribution in [2.24, 2.45) is 5.92 Å². The number of nitrogens with zero attached hydrogens (tertiary/aromatic N) is 2. The van der Waals surface area contributed by atoms with E-state index in [-0.39, 0.29) is 37.3 Å². The first-order valence-corrected chi connectivity index (χ1v) is 11.8. The number of hydrogen-bond acceptors (Lipinski definition) is 5. The highest BCUT2D eigenvalue weighted by molar-refractivity contribution is 5.95. The van der Waals surface area contributed by atoms with Crippen LogP contribution >= 0.6 is 0 Å². The van der Waals surface area contributed by atoms with E-state index in [1.165, 1.54) is 19.2 Å². The van der Waals surface area contributed by atoms with E-state index < -0.39 is 17.6 Å². The third-order valence-corrected chi connectivity index (χ3v) is 7.39. The van der Waals surface area contributed by atoms with E-state index in [1.54, 1.807) is 29.2 Å². The van der Waals surface area contributed by atoms with Crippen molar-refractivity contribution in [2.75, 3.05) is 45.5 Å². The summed E-state index contributed by atoms with van der Waals surface area (Å²) in [6, 6.07) is 11.5. The summed E-state index contributed by atoms with van der Waals surface area (Å²) in [4.78, 5) is 17.0. The van der Waals surface area contributed by atoms with Crippen LogP contribution in [0.15, 0.2) is 42.5 Å². The topological polar surface area (TPSA) is 51.2 Å². The van der Waals surface area contributed by atoms with Gasteiger partial charge in [0.25, 0.3) is 5.91 Å². The van der Waals surface area contributed by atoms with Crippen molar-refractivity contribution >= 4 is 11.6 Å². The number of alkyl halides is 2. The minimum Gasteiger partial charge on any atom is -0.495 e. The van der Waals surface area contributed by atoms with Crippen LogP contribution in [-0.4, -0.2) is 63.4 Å². The molecule has 2 saturated heterocycles. The smallest absolute Gasteiger partial charge is 0.254 e. The van der Waals surface area contributed by atoms with Crippen LogP contribution in [0.5, 0.6) is 5.75 Å². The monoisotopic (exact) mass is 490 g/mol. The summed E-state index contributed by atoms with van der Waals surface area (Å²) in [6.45, 7) is 1.32. The fourth-order valence-electron chi connectivity index (χ4n) is 5.53. The van der Waals surface area contributed by atoms with Crippen LogP contribution in [0.4, 0.5) is 18.9 Å². The third-order valence-electron chi connectivity index (χ3n) is 7.39. The Balaban J connectivity index is 1.29. The van der Waals surface area contributed by atoms with Crippen molar-refractivity contribution < 1.29 is 32.2 Å². The molecule has 2 heterocycles. The molecular formula is C26H29F3N2O4. The molecule has 0 bridgehead atoms. The van der Waals surface area contributed by atoms with Gasteiger partial charge in [-0.25, -0.2) is 13.2 Å². The Bertz CT molecular complexity index is 1110. The number of rotatable bonds is 6. The Morgan fingerprint density at radius 1 is 1.23 bits per heavy atom. The number of carbonyl (C=O) groups excluding carboxylic acids is 1. The Morgan fingerprint density at radius 3 is 2.74 bits per heavy atom. The molecular weight excluding hydrogens is 461 g/mol. The minimum atomic E-state index is -2.55. The zero-order valence-corrected chi connectivity index (χ0v) is 19.8. The molecule has 1 saturated carbocycles. The SMILES string of the molecule is COc1cc(C(=O)N2CCC3(c4cccc(F)c4)OCOC3C2)ccc1N(C)CC1CC(F)(F)C1. The molecule has 2 aliphatic heterocycles. The fraction of sp³-hybridized carbons (Fsp3) is 0.500. The summed E-state index contributed by atoms with van der Waals surface area (Å²) in [7, 11) is 3.36. The van der Waals surface area contributed by atoms with E-state index >= 15 is 0 Å². The number of amides is 1. The van der Waals surface area contributed by atoms with Crippen LogP contribution in [0.1, 0.15) is 35.2 Å². The molecule has 3 aliphatic rings. The third kappa shape index (κ3) is 4.47. The Labute approximate surface area is 202 Å². The maximum Gasteiger partial charge on any atom is 0.254 e. The lowest BCUT2D eigenvalue weighted by atomic mass is 9.81. The van der Waals surface area contributed by atoms with Crippen molar-refractivity contribution in [1.82, 2.24) is 4.90 Å². The molecule has 0 spiro atoms. The van der Waals surface area contributed by atoms with E-state index in [0.29, 0.717) is 42.9 Å². The maximum absolute atomic E-state index is 13.9. The number of anilines is 1. The summed E-state index contributed by atoms with van der Waals surface area (Å²) in [6.07, 6.45) is -0.128. The van der Waals surface area contributed by atoms with Gasteiger partial charge in [0.05, 0.1) is 19.3 Å². The number of ether oxygens (including phenoxy) is 3. The van der Waals surface area contributed by atoms with Crippen LogP contribution in [0.3, 0.4) is 0 Å². The van der Waals surface area contributed by atoms with Gasteiger partial charge in [0.2, 0.25) is 5.92 Å². The van der Waals surface area contributed by atoms with Gasteiger partial charge in [-0.2, -0.15) is 0 Å². The van der Waals surface area contributed by atoms with Crippen molar-refractivity contribution in [3.8, 4) is 5.75 Å². The summed E-state index contributed by atoms with van der Waals surface area (Å²) in [5, 5.41) is 0. The highest BCUT2D eigenvalue weighted by atomic mass is 19.3. The molecule has 35 heavy (non-hydrogen) atoms. The molecule has 0 aromatic heterocycles. The van der Waals surface area contributed by atoms with E-state index in [1.807, 2.05) is 18.0 Å².